The van der Waals surface area contributed by atoms with Gasteiger partial charge in [-0.25, -0.2) is 19.0 Å². The first-order chi connectivity index (χ1) is 14.0. The summed E-state index contributed by atoms with van der Waals surface area (Å²) in [4.78, 5) is 31.7. The summed E-state index contributed by atoms with van der Waals surface area (Å²) in [5, 5.41) is 5.00. The van der Waals surface area contributed by atoms with Crippen LogP contribution in [0.1, 0.15) is 26.4 Å². The topological polar surface area (TPSA) is 68.1 Å². The average Bonchev–Trinajstić information content (AvgIpc) is 3.18. The molecule has 0 radical (unpaired) electrons. The Bertz CT molecular complexity index is 1310. The highest BCUT2D eigenvalue weighted by Crippen LogP contribution is 2.34. The zero-order valence-electron chi connectivity index (χ0n) is 15.1. The number of amides is 2. The number of imide groups is 1. The van der Waals surface area contributed by atoms with Gasteiger partial charge in [0.05, 0.1) is 33.6 Å². The second-order valence-electron chi connectivity index (χ2n) is 6.64. The number of hydrogen-bond acceptors (Lipinski definition) is 4. The number of rotatable bonds is 2. The summed E-state index contributed by atoms with van der Waals surface area (Å²) in [5.74, 6) is -1.20. The molecule has 1 aliphatic heterocycles. The minimum absolute atomic E-state index is 0.243. The lowest BCUT2D eigenvalue weighted by atomic mass is 10.1. The maximum atomic E-state index is 13.3. The molecular weight excluding hydrogens is 439 g/mol. The summed E-state index contributed by atoms with van der Waals surface area (Å²) in [6, 6.07) is 12.8. The Labute approximate surface area is 172 Å². The van der Waals surface area contributed by atoms with Crippen molar-refractivity contribution in [1.82, 2.24) is 14.8 Å². The number of pyridine rings is 1. The van der Waals surface area contributed by atoms with Crippen molar-refractivity contribution < 1.29 is 14.0 Å². The molecule has 0 saturated heterocycles. The van der Waals surface area contributed by atoms with Crippen molar-refractivity contribution in [2.45, 2.75) is 6.92 Å². The molecule has 0 fully saturated rings. The molecule has 0 atom stereocenters. The maximum absolute atomic E-state index is 13.3. The zero-order valence-corrected chi connectivity index (χ0v) is 16.6. The Morgan fingerprint density at radius 3 is 2.28 bits per heavy atom. The van der Waals surface area contributed by atoms with Crippen LogP contribution in [-0.4, -0.2) is 26.6 Å². The lowest BCUT2D eigenvalue weighted by molar-refractivity contribution is 0.0926. The smallest absolute Gasteiger partial charge is 0.267 e. The first-order valence-corrected chi connectivity index (χ1v) is 9.53. The van der Waals surface area contributed by atoms with Gasteiger partial charge >= 0.3 is 0 Å². The number of fused-ring (bicyclic) bond motifs is 3. The summed E-state index contributed by atoms with van der Waals surface area (Å²) >= 11 is 3.35. The van der Waals surface area contributed by atoms with Crippen LogP contribution in [0.25, 0.3) is 16.7 Å². The molecule has 0 aliphatic carbocycles. The fraction of sp³-hybridized carbons (Fsp3) is 0.0476. The van der Waals surface area contributed by atoms with E-state index in [1.165, 1.54) is 18.3 Å². The van der Waals surface area contributed by atoms with Gasteiger partial charge in [-0.15, -0.1) is 0 Å². The quantitative estimate of drug-likeness (QED) is 0.423. The first-order valence-electron chi connectivity index (χ1n) is 8.74. The fourth-order valence-corrected chi connectivity index (χ4v) is 3.81. The number of anilines is 1. The second-order valence-corrected chi connectivity index (χ2v) is 7.56. The molecule has 0 bridgehead atoms. The second kappa shape index (κ2) is 6.31. The minimum atomic E-state index is -0.421. The lowest BCUT2D eigenvalue weighted by Crippen LogP contribution is -2.29. The number of benzene rings is 2. The van der Waals surface area contributed by atoms with Crippen LogP contribution in [0.4, 0.5) is 10.1 Å². The highest BCUT2D eigenvalue weighted by atomic mass is 79.9. The molecular formula is C21H12BrFN4O2. The van der Waals surface area contributed by atoms with Crippen LogP contribution in [0.5, 0.6) is 0 Å². The van der Waals surface area contributed by atoms with Crippen LogP contribution in [0.2, 0.25) is 0 Å². The van der Waals surface area contributed by atoms with Gasteiger partial charge in [-0.3, -0.25) is 9.59 Å². The Hall–Kier alpha value is -3.39. The zero-order chi connectivity index (χ0) is 20.3. The third-order valence-electron chi connectivity index (χ3n) is 4.88. The van der Waals surface area contributed by atoms with Gasteiger partial charge in [-0.2, -0.15) is 5.10 Å². The van der Waals surface area contributed by atoms with E-state index in [0.717, 1.165) is 9.37 Å². The van der Waals surface area contributed by atoms with Crippen molar-refractivity contribution in [2.24, 2.45) is 0 Å². The molecule has 0 unspecified atom stereocenters. The molecule has 0 spiro atoms. The lowest BCUT2D eigenvalue weighted by Gasteiger charge is -2.13. The Morgan fingerprint density at radius 2 is 1.59 bits per heavy atom. The standard InChI is InChI=1S/C21H12BrFN4O2/c1-11-17-18-16(20(28)26(21(18)29)14-6-2-12(22)3-7-14)10-24-19(17)27(25-11)15-8-4-13(23)5-9-15/h2-10H,1H3. The van der Waals surface area contributed by atoms with Gasteiger partial charge < -0.3 is 0 Å². The third-order valence-corrected chi connectivity index (χ3v) is 5.41. The molecule has 0 saturated carbocycles. The molecule has 2 aromatic carbocycles. The number of carbonyl (C=O) groups excluding carboxylic acids is 2. The fourth-order valence-electron chi connectivity index (χ4n) is 3.55. The number of nitrogens with zero attached hydrogens (tertiary/aromatic N) is 4. The predicted molar refractivity (Wildman–Crippen MR) is 109 cm³/mol. The van der Waals surface area contributed by atoms with Gasteiger partial charge in [0.25, 0.3) is 11.8 Å². The summed E-state index contributed by atoms with van der Waals surface area (Å²) in [6.45, 7) is 1.75. The van der Waals surface area contributed by atoms with Crippen LogP contribution >= 0.6 is 15.9 Å². The molecule has 8 heteroatoms. The average molecular weight is 451 g/mol. The maximum Gasteiger partial charge on any atom is 0.267 e. The van der Waals surface area contributed by atoms with E-state index in [1.54, 1.807) is 48.0 Å². The Morgan fingerprint density at radius 1 is 0.931 bits per heavy atom. The minimum Gasteiger partial charge on any atom is -0.268 e. The van der Waals surface area contributed by atoms with Gasteiger partial charge in [0.15, 0.2) is 5.65 Å². The molecule has 0 N–H and O–H groups in total. The Balaban J connectivity index is 1.70. The van der Waals surface area contributed by atoms with E-state index >= 15 is 0 Å². The van der Waals surface area contributed by atoms with E-state index < -0.39 is 11.8 Å². The van der Waals surface area contributed by atoms with E-state index in [-0.39, 0.29) is 16.9 Å². The van der Waals surface area contributed by atoms with Crippen molar-refractivity contribution in [3.8, 4) is 5.69 Å². The van der Waals surface area contributed by atoms with E-state index in [2.05, 4.69) is 26.0 Å². The Kier molecular flexibility index (Phi) is 3.85. The molecule has 3 heterocycles. The SMILES string of the molecule is Cc1nn(-c2ccc(F)cc2)c2ncc3c(c12)C(=O)N(c1ccc(Br)cc1)C3=O. The van der Waals surface area contributed by atoms with Crippen molar-refractivity contribution in [2.75, 3.05) is 4.90 Å². The number of halogens is 2. The summed E-state index contributed by atoms with van der Waals surface area (Å²) in [5.41, 5.74) is 2.62. The number of aryl methyl sites for hydroxylation is 1. The molecule has 4 aromatic rings. The number of carbonyl (C=O) groups is 2. The third kappa shape index (κ3) is 2.60. The van der Waals surface area contributed by atoms with Gasteiger partial charge in [0, 0.05) is 10.7 Å². The number of hydrogen-bond donors (Lipinski definition) is 0. The number of aromatic nitrogens is 3. The summed E-state index contributed by atoms with van der Waals surface area (Å²) in [7, 11) is 0. The van der Waals surface area contributed by atoms with Gasteiger partial charge in [0.1, 0.15) is 5.82 Å². The molecule has 1 aliphatic rings. The van der Waals surface area contributed by atoms with Gasteiger partial charge in [-0.05, 0) is 55.5 Å². The molecule has 6 nitrogen and oxygen atoms in total. The van der Waals surface area contributed by atoms with Crippen LogP contribution in [0.15, 0.2) is 59.2 Å². The monoisotopic (exact) mass is 450 g/mol. The molecule has 142 valence electrons. The van der Waals surface area contributed by atoms with E-state index in [9.17, 15) is 14.0 Å². The van der Waals surface area contributed by atoms with Crippen LogP contribution in [-0.2, 0) is 0 Å². The summed E-state index contributed by atoms with van der Waals surface area (Å²) in [6.07, 6.45) is 1.40. The van der Waals surface area contributed by atoms with Crippen molar-refractivity contribution in [3.63, 3.8) is 0 Å². The van der Waals surface area contributed by atoms with E-state index in [4.69, 9.17) is 0 Å². The van der Waals surface area contributed by atoms with Gasteiger partial charge in [-0.1, -0.05) is 15.9 Å². The van der Waals surface area contributed by atoms with Crippen LogP contribution < -0.4 is 4.90 Å². The van der Waals surface area contributed by atoms with E-state index in [0.29, 0.717) is 28.1 Å². The largest absolute Gasteiger partial charge is 0.268 e. The summed E-state index contributed by atoms with van der Waals surface area (Å²) < 4.78 is 15.7. The van der Waals surface area contributed by atoms with Crippen molar-refractivity contribution in [3.05, 3.63) is 81.8 Å². The van der Waals surface area contributed by atoms with Crippen LogP contribution in [0, 0.1) is 12.7 Å². The first kappa shape index (κ1) is 17.7. The molecule has 2 aromatic heterocycles. The highest BCUT2D eigenvalue weighted by Gasteiger charge is 2.40. The van der Waals surface area contributed by atoms with Crippen LogP contribution in [0.3, 0.4) is 0 Å². The molecule has 29 heavy (non-hydrogen) atoms. The normalized spacial score (nSPS) is 13.4. The van der Waals surface area contributed by atoms with Crippen molar-refractivity contribution in [1.29, 1.82) is 0 Å². The molecule has 5 rings (SSSR count). The van der Waals surface area contributed by atoms with E-state index in [1.807, 2.05) is 0 Å². The predicted octanol–water partition coefficient (Wildman–Crippen LogP) is 4.43. The van der Waals surface area contributed by atoms with Crippen molar-refractivity contribution >= 4 is 44.5 Å². The molecule has 2 amide bonds. The highest BCUT2D eigenvalue weighted by molar-refractivity contribution is 9.10. The van der Waals surface area contributed by atoms with Gasteiger partial charge in [0.2, 0.25) is 0 Å².